The van der Waals surface area contributed by atoms with Gasteiger partial charge < -0.3 is 17.5 Å². The molecular formula is C16H24ClOZr. The van der Waals surface area contributed by atoms with Crippen molar-refractivity contribution in [3.05, 3.63) is 46.6 Å². The number of aliphatic hydroxyl groups excluding tert-OH is 1. The zero-order chi connectivity index (χ0) is 13.3. The normalized spacial score (nSPS) is 15.1. The summed E-state index contributed by atoms with van der Waals surface area (Å²) in [4.78, 5) is 0. The third kappa shape index (κ3) is 11.6. The van der Waals surface area contributed by atoms with Gasteiger partial charge in [0.1, 0.15) is 0 Å². The third-order valence-electron chi connectivity index (χ3n) is 2.73. The molecule has 0 amide bonds. The van der Waals surface area contributed by atoms with Crippen molar-refractivity contribution in [2.75, 3.05) is 6.61 Å². The van der Waals surface area contributed by atoms with Gasteiger partial charge in [-0.1, -0.05) is 13.8 Å². The van der Waals surface area contributed by atoms with Crippen molar-refractivity contribution in [2.45, 2.75) is 47.5 Å². The summed E-state index contributed by atoms with van der Waals surface area (Å²) in [5, 5.41) is 7.57. The second-order valence-electron chi connectivity index (χ2n) is 4.10. The molecule has 19 heavy (non-hydrogen) atoms. The molecule has 1 nitrogen and oxygen atoms in total. The minimum Gasteiger partial charge on any atom is -1.00 e. The summed E-state index contributed by atoms with van der Waals surface area (Å²) in [5.74, 6) is 0. The van der Waals surface area contributed by atoms with Crippen molar-refractivity contribution in [3.8, 4) is 0 Å². The molecule has 0 heterocycles. The summed E-state index contributed by atoms with van der Waals surface area (Å²) in [5.41, 5.74) is 5.42. The fourth-order valence-electron chi connectivity index (χ4n) is 1.30. The molecule has 105 valence electrons. The van der Waals surface area contributed by atoms with Gasteiger partial charge in [-0.25, -0.2) is 22.3 Å². The minimum atomic E-state index is 0. The molecule has 0 bridgehead atoms. The Labute approximate surface area is 144 Å². The zero-order valence-electron chi connectivity index (χ0n) is 12.6. The van der Waals surface area contributed by atoms with Crippen molar-refractivity contribution < 1.29 is 43.7 Å². The monoisotopic (exact) mass is 357 g/mol. The number of allylic oxidation sites excluding steroid dienone is 8. The maximum Gasteiger partial charge on any atom is 3.00 e. The van der Waals surface area contributed by atoms with E-state index < -0.39 is 0 Å². The number of halogens is 1. The van der Waals surface area contributed by atoms with E-state index in [1.165, 1.54) is 22.3 Å². The smallest absolute Gasteiger partial charge is 1.00 e. The zero-order valence-corrected chi connectivity index (χ0v) is 15.8. The first-order chi connectivity index (χ1) is 8.02. The summed E-state index contributed by atoms with van der Waals surface area (Å²) in [7, 11) is 0. The first-order valence-electron chi connectivity index (χ1n) is 6.12. The maximum atomic E-state index is 7.57. The van der Waals surface area contributed by atoms with E-state index in [0.29, 0.717) is 0 Å². The Morgan fingerprint density at radius 3 is 1.26 bits per heavy atom. The van der Waals surface area contributed by atoms with Gasteiger partial charge in [0.15, 0.2) is 0 Å². The molecule has 2 aliphatic rings. The molecule has 0 aliphatic heterocycles. The quantitative estimate of drug-likeness (QED) is 0.644. The predicted octanol–water partition coefficient (Wildman–Crippen LogP) is 1.17. The SMILES string of the molecule is CC1=[C-]CC=C1C.CC1=[C-]CC=C1C.CCO.[Cl-].[Zr+3]. The summed E-state index contributed by atoms with van der Waals surface area (Å²) in [6, 6.07) is 0. The molecular weight excluding hydrogens is 335 g/mol. The Balaban J connectivity index is -0.000000207. The largest absolute Gasteiger partial charge is 3.00 e. The summed E-state index contributed by atoms with van der Waals surface area (Å²) < 4.78 is 0. The Morgan fingerprint density at radius 1 is 0.947 bits per heavy atom. The second-order valence-corrected chi connectivity index (χ2v) is 4.10. The van der Waals surface area contributed by atoms with Crippen LogP contribution in [0.2, 0.25) is 0 Å². The average molecular weight is 359 g/mol. The minimum absolute atomic E-state index is 0. The van der Waals surface area contributed by atoms with Gasteiger partial charge in [-0.3, -0.25) is 12.2 Å². The van der Waals surface area contributed by atoms with Crippen molar-refractivity contribution >= 4 is 0 Å². The van der Waals surface area contributed by atoms with Crippen LogP contribution in [0.3, 0.4) is 0 Å². The van der Waals surface area contributed by atoms with Crippen LogP contribution in [0.4, 0.5) is 0 Å². The molecule has 0 saturated carbocycles. The molecule has 0 aromatic heterocycles. The van der Waals surface area contributed by atoms with Crippen molar-refractivity contribution in [3.63, 3.8) is 0 Å². The van der Waals surface area contributed by atoms with Crippen molar-refractivity contribution in [1.29, 1.82) is 0 Å². The van der Waals surface area contributed by atoms with E-state index in [1.54, 1.807) is 6.92 Å². The van der Waals surface area contributed by atoms with Crippen LogP contribution in [0.15, 0.2) is 34.4 Å². The standard InChI is InChI=1S/2C7H9.C2H6O.ClH.Zr/c2*1-6-4-3-5-7(6)2;1-2-3;;/h2*4H,3H2,1-2H3;3H,2H2,1H3;1H;/q2*-1;;;+3/p-1. The van der Waals surface area contributed by atoms with Crippen LogP contribution in [-0.4, -0.2) is 11.7 Å². The molecule has 0 fully saturated rings. The maximum absolute atomic E-state index is 7.57. The van der Waals surface area contributed by atoms with Gasteiger partial charge in [0.2, 0.25) is 0 Å². The predicted molar refractivity (Wildman–Crippen MR) is 74.4 cm³/mol. The van der Waals surface area contributed by atoms with Crippen LogP contribution in [0, 0.1) is 12.2 Å². The van der Waals surface area contributed by atoms with Gasteiger partial charge in [0, 0.05) is 6.61 Å². The third-order valence-corrected chi connectivity index (χ3v) is 2.73. The van der Waals surface area contributed by atoms with Crippen LogP contribution in [0.1, 0.15) is 47.5 Å². The van der Waals surface area contributed by atoms with Crippen LogP contribution in [0.25, 0.3) is 0 Å². The fraction of sp³-hybridized carbons (Fsp3) is 0.500. The van der Waals surface area contributed by atoms with Crippen LogP contribution in [-0.2, 0) is 26.2 Å². The van der Waals surface area contributed by atoms with Crippen molar-refractivity contribution in [1.82, 2.24) is 0 Å². The molecule has 2 aliphatic carbocycles. The number of hydrogen-bond donors (Lipinski definition) is 1. The number of aliphatic hydroxyl groups is 1. The molecule has 0 spiro atoms. The molecule has 1 N–H and O–H groups in total. The summed E-state index contributed by atoms with van der Waals surface area (Å²) >= 11 is 0. The van der Waals surface area contributed by atoms with Crippen LogP contribution in [0.5, 0.6) is 0 Å². The topological polar surface area (TPSA) is 20.2 Å². The Morgan fingerprint density at radius 2 is 1.21 bits per heavy atom. The van der Waals surface area contributed by atoms with Gasteiger partial charge in [0.05, 0.1) is 0 Å². The number of hydrogen-bond acceptors (Lipinski definition) is 1. The van der Waals surface area contributed by atoms with E-state index in [0.717, 1.165) is 12.8 Å². The van der Waals surface area contributed by atoms with Gasteiger partial charge >= 0.3 is 26.2 Å². The van der Waals surface area contributed by atoms with Crippen LogP contribution >= 0.6 is 0 Å². The van der Waals surface area contributed by atoms with Gasteiger partial charge in [-0.05, 0) is 6.92 Å². The van der Waals surface area contributed by atoms with E-state index in [9.17, 15) is 0 Å². The van der Waals surface area contributed by atoms with Crippen molar-refractivity contribution in [2.24, 2.45) is 0 Å². The molecule has 2 rings (SSSR count). The van der Waals surface area contributed by atoms with E-state index in [1.807, 2.05) is 0 Å². The van der Waals surface area contributed by atoms with E-state index in [-0.39, 0.29) is 45.2 Å². The molecule has 0 atom stereocenters. The van der Waals surface area contributed by atoms with E-state index >= 15 is 0 Å². The summed E-state index contributed by atoms with van der Waals surface area (Å²) in [6.07, 6.45) is 12.8. The summed E-state index contributed by atoms with van der Waals surface area (Å²) in [6.45, 7) is 10.4. The first kappa shape index (κ1) is 24.1. The molecule has 3 heteroatoms. The first-order valence-corrected chi connectivity index (χ1v) is 6.12. The Bertz CT molecular complexity index is 286. The molecule has 1 radical (unpaired) electrons. The van der Waals surface area contributed by atoms with E-state index in [2.05, 4.69) is 52.0 Å². The van der Waals surface area contributed by atoms with E-state index in [4.69, 9.17) is 5.11 Å². The van der Waals surface area contributed by atoms with Crippen LogP contribution < -0.4 is 12.4 Å². The Hall–Kier alpha value is 0.0931. The average Bonchev–Trinajstić information content (AvgIpc) is 2.81. The Kier molecular flexibility index (Phi) is 18.4. The number of rotatable bonds is 0. The second kappa shape index (κ2) is 14.5. The molecule has 0 aromatic rings. The molecule has 0 saturated heterocycles. The van der Waals surface area contributed by atoms with Gasteiger partial charge in [0.25, 0.3) is 0 Å². The van der Waals surface area contributed by atoms with Gasteiger partial charge in [-0.15, -0.1) is 26.7 Å². The fourth-order valence-corrected chi connectivity index (χ4v) is 1.30. The van der Waals surface area contributed by atoms with Gasteiger partial charge in [-0.2, -0.15) is 12.2 Å². The molecule has 0 aromatic carbocycles. The molecule has 0 unspecified atom stereocenters.